The molecule has 2 unspecified atom stereocenters. The quantitative estimate of drug-likeness (QED) is 0.580. The molecule has 12 nitrogen and oxygen atoms in total. The van der Waals surface area contributed by atoms with Crippen molar-refractivity contribution in [3.63, 3.8) is 0 Å². The SMILES string of the molecule is O=C1C=C(N2C(=O)C3(CCN(CC(O)c4ccc(-n5cnnn5)nn4)CC3)CC2C2CC2)CO1. The highest BCUT2D eigenvalue weighted by molar-refractivity contribution is 5.91. The van der Waals surface area contributed by atoms with E-state index in [0.29, 0.717) is 29.7 Å². The van der Waals surface area contributed by atoms with Crippen LogP contribution in [0.25, 0.3) is 5.82 Å². The van der Waals surface area contributed by atoms with Crippen LogP contribution < -0.4 is 0 Å². The van der Waals surface area contributed by atoms with Gasteiger partial charge in [-0.05, 0) is 73.7 Å². The highest BCUT2D eigenvalue weighted by Crippen LogP contribution is 2.52. The molecule has 3 fully saturated rings. The molecule has 2 aromatic rings. The fourth-order valence-electron chi connectivity index (χ4n) is 5.51. The molecule has 1 saturated carbocycles. The predicted octanol–water partition coefficient (Wildman–Crippen LogP) is 0.0195. The summed E-state index contributed by atoms with van der Waals surface area (Å²) >= 11 is 0. The van der Waals surface area contributed by atoms with Crippen molar-refractivity contribution in [3.05, 3.63) is 35.9 Å². The third-order valence-corrected chi connectivity index (χ3v) is 7.57. The summed E-state index contributed by atoms with van der Waals surface area (Å²) in [7, 11) is 0. The zero-order valence-corrected chi connectivity index (χ0v) is 18.7. The first-order chi connectivity index (χ1) is 16.5. The number of aromatic nitrogens is 6. The first-order valence-corrected chi connectivity index (χ1v) is 11.7. The van der Waals surface area contributed by atoms with Gasteiger partial charge in [0.05, 0.1) is 16.8 Å². The van der Waals surface area contributed by atoms with Crippen molar-refractivity contribution in [2.75, 3.05) is 26.2 Å². The Balaban J connectivity index is 1.10. The molecule has 6 rings (SSSR count). The van der Waals surface area contributed by atoms with Gasteiger partial charge in [-0.1, -0.05) is 0 Å². The molecule has 1 amide bonds. The van der Waals surface area contributed by atoms with Gasteiger partial charge in [-0.3, -0.25) is 4.79 Å². The second kappa shape index (κ2) is 8.20. The number of β-amino-alcohol motifs (C(OH)–C–C–N with tert-alkyl or cyclic N) is 1. The fraction of sp³-hybridized carbons (Fsp3) is 0.591. The van der Waals surface area contributed by atoms with E-state index in [0.717, 1.165) is 45.2 Å². The number of likely N-dealkylation sites (tertiary alicyclic amines) is 2. The molecular weight excluding hydrogens is 440 g/mol. The number of rotatable bonds is 6. The molecule has 0 radical (unpaired) electrons. The number of amides is 1. The number of hydrogen-bond acceptors (Lipinski definition) is 10. The van der Waals surface area contributed by atoms with Gasteiger partial charge in [0.2, 0.25) is 5.91 Å². The Bertz CT molecular complexity index is 1110. The van der Waals surface area contributed by atoms with Crippen LogP contribution in [-0.2, 0) is 14.3 Å². The third-order valence-electron chi connectivity index (χ3n) is 7.57. The van der Waals surface area contributed by atoms with Crippen molar-refractivity contribution in [1.82, 2.24) is 40.2 Å². The monoisotopic (exact) mass is 466 g/mol. The number of esters is 1. The van der Waals surface area contributed by atoms with Gasteiger partial charge in [-0.2, -0.15) is 9.78 Å². The highest BCUT2D eigenvalue weighted by atomic mass is 16.5. The maximum atomic E-state index is 13.6. The van der Waals surface area contributed by atoms with Crippen LogP contribution in [0, 0.1) is 11.3 Å². The molecule has 2 saturated heterocycles. The summed E-state index contributed by atoms with van der Waals surface area (Å²) < 4.78 is 6.49. The number of hydrogen-bond donors (Lipinski definition) is 1. The molecule has 12 heteroatoms. The van der Waals surface area contributed by atoms with Gasteiger partial charge in [0.15, 0.2) is 5.82 Å². The van der Waals surface area contributed by atoms with E-state index in [1.807, 2.05) is 4.90 Å². The van der Waals surface area contributed by atoms with E-state index in [2.05, 4.69) is 30.6 Å². The number of carbonyl (C=O) groups excluding carboxylic acids is 2. The molecule has 178 valence electrons. The van der Waals surface area contributed by atoms with Crippen LogP contribution in [0.3, 0.4) is 0 Å². The molecule has 5 heterocycles. The molecule has 2 aromatic heterocycles. The van der Waals surface area contributed by atoms with Gasteiger partial charge in [0.25, 0.3) is 0 Å². The van der Waals surface area contributed by atoms with Crippen molar-refractivity contribution < 1.29 is 19.4 Å². The van der Waals surface area contributed by atoms with Crippen LogP contribution in [0.2, 0.25) is 0 Å². The van der Waals surface area contributed by atoms with E-state index in [-0.39, 0.29) is 24.5 Å². The molecule has 3 aliphatic heterocycles. The van der Waals surface area contributed by atoms with Crippen molar-refractivity contribution in [1.29, 1.82) is 0 Å². The van der Waals surface area contributed by atoms with Gasteiger partial charge in [0.1, 0.15) is 19.0 Å². The first-order valence-electron chi connectivity index (χ1n) is 11.7. The smallest absolute Gasteiger partial charge is 0.333 e. The Morgan fingerprint density at radius 1 is 1.18 bits per heavy atom. The minimum Gasteiger partial charge on any atom is -0.456 e. The summed E-state index contributed by atoms with van der Waals surface area (Å²) in [6, 6.07) is 3.60. The number of piperidine rings is 1. The third kappa shape index (κ3) is 3.76. The van der Waals surface area contributed by atoms with Gasteiger partial charge >= 0.3 is 5.97 Å². The lowest BCUT2D eigenvalue weighted by Crippen LogP contribution is -2.45. The average molecular weight is 467 g/mol. The van der Waals surface area contributed by atoms with Gasteiger partial charge < -0.3 is 19.6 Å². The Labute approximate surface area is 195 Å². The number of aliphatic hydroxyl groups excluding tert-OH is 1. The van der Waals surface area contributed by atoms with Gasteiger partial charge in [-0.15, -0.1) is 10.2 Å². The minimum absolute atomic E-state index is 0.137. The standard InChI is InChI=1S/C22H26N8O4/c31-18(16-3-4-19(25-24-16)29-13-23-26-27-29)11-28-7-5-22(6-8-28)10-17(14-1-2-14)30(21(22)33)15-9-20(32)34-12-15/h3-4,9,13-14,17-18,31H,1-2,5-8,10-12H2. The van der Waals surface area contributed by atoms with Crippen LogP contribution in [-0.4, -0.2) is 89.5 Å². The first kappa shape index (κ1) is 21.3. The van der Waals surface area contributed by atoms with E-state index >= 15 is 0 Å². The predicted molar refractivity (Wildman–Crippen MR) is 115 cm³/mol. The average Bonchev–Trinajstić information content (AvgIpc) is 3.24. The Morgan fingerprint density at radius 3 is 2.62 bits per heavy atom. The van der Waals surface area contributed by atoms with Crippen LogP contribution in [0.1, 0.15) is 43.9 Å². The van der Waals surface area contributed by atoms with E-state index in [4.69, 9.17) is 4.74 Å². The Kier molecular flexibility index (Phi) is 5.14. The maximum Gasteiger partial charge on any atom is 0.333 e. The Morgan fingerprint density at radius 2 is 2.00 bits per heavy atom. The molecule has 1 N–H and O–H groups in total. The lowest BCUT2D eigenvalue weighted by molar-refractivity contribution is -0.139. The normalized spacial score (nSPS) is 25.6. The number of tetrazole rings is 1. The van der Waals surface area contributed by atoms with E-state index in [1.165, 1.54) is 17.1 Å². The Hall–Kier alpha value is -3.25. The van der Waals surface area contributed by atoms with Crippen molar-refractivity contribution in [3.8, 4) is 5.82 Å². The van der Waals surface area contributed by atoms with E-state index in [9.17, 15) is 14.7 Å². The molecule has 2 atom stereocenters. The molecule has 1 spiro atoms. The largest absolute Gasteiger partial charge is 0.456 e. The minimum atomic E-state index is -0.786. The van der Waals surface area contributed by atoms with Gasteiger partial charge in [-0.25, -0.2) is 4.79 Å². The molecular formula is C22H26N8O4. The van der Waals surface area contributed by atoms with Crippen LogP contribution in [0.15, 0.2) is 30.2 Å². The lowest BCUT2D eigenvalue weighted by Gasteiger charge is -2.38. The summed E-state index contributed by atoms with van der Waals surface area (Å²) in [6.45, 7) is 2.05. The second-order valence-electron chi connectivity index (χ2n) is 9.69. The fourth-order valence-corrected chi connectivity index (χ4v) is 5.51. The number of nitrogens with zero attached hydrogens (tertiary/aromatic N) is 8. The summed E-state index contributed by atoms with van der Waals surface area (Å²) in [6.07, 6.45) is 6.71. The summed E-state index contributed by atoms with van der Waals surface area (Å²) in [4.78, 5) is 29.3. The van der Waals surface area contributed by atoms with Crippen LogP contribution >= 0.6 is 0 Å². The molecule has 34 heavy (non-hydrogen) atoms. The lowest BCUT2D eigenvalue weighted by atomic mass is 9.75. The molecule has 0 bridgehead atoms. The molecule has 0 aromatic carbocycles. The summed E-state index contributed by atoms with van der Waals surface area (Å²) in [5.74, 6) is 0.767. The zero-order chi connectivity index (χ0) is 23.3. The number of carbonyl (C=O) groups is 2. The summed E-state index contributed by atoms with van der Waals surface area (Å²) in [5.41, 5.74) is 0.797. The van der Waals surface area contributed by atoms with Crippen molar-refractivity contribution >= 4 is 11.9 Å². The van der Waals surface area contributed by atoms with E-state index in [1.54, 1.807) is 12.1 Å². The van der Waals surface area contributed by atoms with Gasteiger partial charge in [0, 0.05) is 18.7 Å². The second-order valence-corrected chi connectivity index (χ2v) is 9.69. The number of ether oxygens (including phenoxy) is 1. The zero-order valence-electron chi connectivity index (χ0n) is 18.7. The number of aliphatic hydroxyl groups is 1. The van der Waals surface area contributed by atoms with Crippen molar-refractivity contribution in [2.45, 2.75) is 44.2 Å². The summed E-state index contributed by atoms with van der Waals surface area (Å²) in [5, 5.41) is 29.9. The van der Waals surface area contributed by atoms with E-state index < -0.39 is 11.5 Å². The molecule has 4 aliphatic rings. The van der Waals surface area contributed by atoms with Crippen LogP contribution in [0.4, 0.5) is 0 Å². The van der Waals surface area contributed by atoms with Crippen LogP contribution in [0.5, 0.6) is 0 Å². The molecule has 1 aliphatic carbocycles. The van der Waals surface area contributed by atoms with Crippen molar-refractivity contribution in [2.24, 2.45) is 11.3 Å². The topological polar surface area (TPSA) is 139 Å². The number of cyclic esters (lactones) is 1. The maximum absolute atomic E-state index is 13.6. The highest BCUT2D eigenvalue weighted by Gasteiger charge is 2.57.